The number of rotatable bonds is 0. The zero-order valence-electron chi connectivity index (χ0n) is 2.36. The molecule has 2 heteroatoms. The van der Waals surface area contributed by atoms with Crippen LogP contribution in [0.25, 0.3) is 0 Å². The van der Waals surface area contributed by atoms with E-state index >= 15 is 0 Å². The first kappa shape index (κ1) is 4.79. The maximum Gasteiger partial charge on any atom is 0 e. The van der Waals surface area contributed by atoms with E-state index in [1.807, 2.05) is 0 Å². The second kappa shape index (κ2) is 2.06. The molecule has 0 unspecified atom stereocenters. The predicted molar refractivity (Wildman–Crippen MR) is 17.5 cm³/mol. The summed E-state index contributed by atoms with van der Waals surface area (Å²) in [4.78, 5) is 0. The van der Waals surface area contributed by atoms with Gasteiger partial charge in [-0.2, -0.15) is 0 Å². The van der Waals surface area contributed by atoms with Crippen molar-refractivity contribution >= 4 is 8.58 Å². The zero-order valence-corrected chi connectivity index (χ0v) is 6.33. The van der Waals surface area contributed by atoms with Crippen LogP contribution < -0.4 is 0 Å². The molecular weight excluding hydrogens is 120 g/mol. The molecule has 0 aliphatic carbocycles. The van der Waals surface area contributed by atoms with Gasteiger partial charge < -0.3 is 0 Å². The van der Waals surface area contributed by atoms with Crippen LogP contribution in [0.3, 0.4) is 0 Å². The van der Waals surface area contributed by atoms with E-state index in [2.05, 4.69) is 11.6 Å². The van der Waals surface area contributed by atoms with Gasteiger partial charge in [0.2, 0.25) is 0 Å². The Kier molecular flexibility index (Phi) is 2.46. The topological polar surface area (TPSA) is 0 Å². The summed E-state index contributed by atoms with van der Waals surface area (Å²) < 4.78 is 0. The maximum absolute atomic E-state index is 2.15. The van der Waals surface area contributed by atoms with Gasteiger partial charge in [0, 0.05) is 19.5 Å². The fourth-order valence-electron chi connectivity index (χ4n) is 0. The van der Waals surface area contributed by atoms with Gasteiger partial charge in [-0.05, 0) is 0 Å². The van der Waals surface area contributed by atoms with Crippen LogP contribution in [0.4, 0.5) is 0 Å². The van der Waals surface area contributed by atoms with Gasteiger partial charge in [0.05, 0.1) is 0 Å². The fourth-order valence-corrected chi connectivity index (χ4v) is 0. The molecule has 1 aliphatic rings. The quantitative estimate of drug-likeness (QED) is 0.335. The van der Waals surface area contributed by atoms with E-state index in [0.717, 1.165) is 8.58 Å². The van der Waals surface area contributed by atoms with Crippen LogP contribution >= 0.6 is 8.58 Å². The molecule has 1 rings (SSSR count). The van der Waals surface area contributed by atoms with Crippen molar-refractivity contribution in [1.29, 1.82) is 0 Å². The molecule has 4 heavy (non-hydrogen) atoms. The average molecular weight is 123 g/mol. The van der Waals surface area contributed by atoms with Crippen LogP contribution in [0.2, 0.25) is 0 Å². The van der Waals surface area contributed by atoms with Gasteiger partial charge >= 0.3 is 0 Å². The van der Waals surface area contributed by atoms with Crippen LogP contribution in [-0.4, -0.2) is 0 Å². The van der Waals surface area contributed by atoms with Gasteiger partial charge in [0.15, 0.2) is 0 Å². The Morgan fingerprint density at radius 2 is 1.50 bits per heavy atom. The Morgan fingerprint density at radius 3 is 1.50 bits per heavy atom. The summed E-state index contributed by atoms with van der Waals surface area (Å²) >= 11 is 0. The molecule has 0 aromatic heterocycles. The van der Waals surface area contributed by atoms with Gasteiger partial charge in [-0.1, -0.05) is 20.2 Å². The largest absolute Gasteiger partial charge is 0.0748 e. The van der Waals surface area contributed by atoms with Gasteiger partial charge in [-0.25, -0.2) is 0 Å². The Hall–Kier alpha value is 0.793. The molecule has 0 N–H and O–H groups in total. The Labute approximate surface area is 40.2 Å². The maximum atomic E-state index is 2.15. The summed E-state index contributed by atoms with van der Waals surface area (Å²) in [6.07, 6.45) is 0. The summed E-state index contributed by atoms with van der Waals surface area (Å²) in [5.74, 6) is 4.31. The van der Waals surface area contributed by atoms with Gasteiger partial charge in [0.1, 0.15) is 0 Å². The van der Waals surface area contributed by atoms with E-state index in [-0.39, 0.29) is 19.5 Å². The molecule has 1 heterocycles. The molecule has 0 nitrogen and oxygen atoms in total. The third-order valence-corrected chi connectivity index (χ3v) is 0.500. The van der Waals surface area contributed by atoms with Crippen molar-refractivity contribution < 1.29 is 19.5 Å². The summed E-state index contributed by atoms with van der Waals surface area (Å²) in [6, 6.07) is 0. The molecule has 0 aromatic rings. The zero-order chi connectivity index (χ0) is 2.12. The molecule has 18 valence electrons. The van der Waals surface area contributed by atoms with E-state index in [0.29, 0.717) is 0 Å². The van der Waals surface area contributed by atoms with Crippen LogP contribution in [0.15, 0.2) is 11.6 Å². The summed E-state index contributed by atoms with van der Waals surface area (Å²) in [7, 11) is 1.08. The van der Waals surface area contributed by atoms with Gasteiger partial charge in [-0.3, -0.25) is 0 Å². The van der Waals surface area contributed by atoms with E-state index in [9.17, 15) is 0 Å². The van der Waals surface area contributed by atoms with Crippen LogP contribution in [0.1, 0.15) is 0 Å². The SMILES string of the molecule is C1=CP1.[Zn]. The van der Waals surface area contributed by atoms with E-state index in [1.165, 1.54) is 0 Å². The van der Waals surface area contributed by atoms with Crippen molar-refractivity contribution in [3.05, 3.63) is 11.6 Å². The fraction of sp³-hybridized carbons (Fsp3) is 0. The minimum atomic E-state index is 0. The molecule has 0 amide bonds. The summed E-state index contributed by atoms with van der Waals surface area (Å²) in [5.41, 5.74) is 0. The molecule has 0 radical (unpaired) electrons. The molecule has 0 aromatic carbocycles. The predicted octanol–water partition coefficient (Wildman–Crippen LogP) is 1.15. The summed E-state index contributed by atoms with van der Waals surface area (Å²) in [6.45, 7) is 0. The molecule has 0 saturated carbocycles. The number of hydrogen-bond acceptors (Lipinski definition) is 0. The molecule has 0 bridgehead atoms. The van der Waals surface area contributed by atoms with Crippen molar-refractivity contribution in [3.63, 3.8) is 0 Å². The number of hydrogen-bond donors (Lipinski definition) is 0. The van der Waals surface area contributed by atoms with Crippen LogP contribution in [-0.2, 0) is 19.5 Å². The standard InChI is InChI=1S/C2H3P.Zn/c1-2-3-1;/h1-3H;. The van der Waals surface area contributed by atoms with Gasteiger partial charge in [-0.15, -0.1) is 0 Å². The minimum absolute atomic E-state index is 0. The molecular formula is C2H3PZn. The first-order valence-corrected chi connectivity index (χ1v) is 2.07. The summed E-state index contributed by atoms with van der Waals surface area (Å²) in [5, 5.41) is 0. The van der Waals surface area contributed by atoms with Crippen LogP contribution in [0.5, 0.6) is 0 Å². The monoisotopic (exact) mass is 122 g/mol. The smallest absolute Gasteiger partial charge is 0 e. The molecule has 0 spiro atoms. The second-order valence-corrected chi connectivity index (χ2v) is 1.50. The minimum Gasteiger partial charge on any atom is -0.0748 e. The first-order chi connectivity index (χ1) is 1.50. The van der Waals surface area contributed by atoms with Crippen molar-refractivity contribution in [1.82, 2.24) is 0 Å². The average Bonchev–Trinajstić information content (AvgIpc) is 1.46. The van der Waals surface area contributed by atoms with Crippen molar-refractivity contribution in [2.24, 2.45) is 0 Å². The van der Waals surface area contributed by atoms with E-state index < -0.39 is 0 Å². The normalized spacial score (nSPS) is 14.0. The van der Waals surface area contributed by atoms with Crippen LogP contribution in [0, 0.1) is 0 Å². The molecule has 0 fully saturated rings. The van der Waals surface area contributed by atoms with Crippen molar-refractivity contribution in [3.8, 4) is 0 Å². The Balaban J connectivity index is 0.0000000900. The Bertz CT molecular complexity index is 29.0. The molecule has 1 aliphatic heterocycles. The third-order valence-electron chi connectivity index (χ3n) is 0.167. The van der Waals surface area contributed by atoms with Gasteiger partial charge in [0.25, 0.3) is 0 Å². The molecule has 0 atom stereocenters. The molecule has 0 saturated heterocycles. The van der Waals surface area contributed by atoms with E-state index in [4.69, 9.17) is 0 Å². The first-order valence-electron chi connectivity index (χ1n) is 0.911. The third kappa shape index (κ3) is 2.79. The van der Waals surface area contributed by atoms with Crippen molar-refractivity contribution in [2.75, 3.05) is 0 Å². The van der Waals surface area contributed by atoms with Crippen molar-refractivity contribution in [2.45, 2.75) is 0 Å². The van der Waals surface area contributed by atoms with E-state index in [1.54, 1.807) is 0 Å². The Morgan fingerprint density at radius 1 is 1.25 bits per heavy atom. The second-order valence-electron chi connectivity index (χ2n) is 0.500.